The lowest BCUT2D eigenvalue weighted by atomic mass is 10.1. The SMILES string of the molecule is Cc1cccc(Cl)c1Cn1nc(Cl)c2ncc(C(=O)O)cc21. The lowest BCUT2D eigenvalue weighted by Crippen LogP contribution is -2.05. The summed E-state index contributed by atoms with van der Waals surface area (Å²) in [5.74, 6) is -1.05. The zero-order chi connectivity index (χ0) is 15.9. The van der Waals surface area contributed by atoms with Crippen molar-refractivity contribution >= 4 is 40.2 Å². The standard InChI is InChI=1S/C15H11Cl2N3O2/c1-8-3-2-4-11(16)10(8)7-20-12-5-9(15(21)22)6-18-13(12)14(17)19-20/h2-6H,7H2,1H3,(H,21,22). The molecule has 0 saturated carbocycles. The summed E-state index contributed by atoms with van der Waals surface area (Å²) in [6.45, 7) is 2.34. The molecule has 2 aromatic heterocycles. The molecule has 2 heterocycles. The van der Waals surface area contributed by atoms with E-state index in [0.717, 1.165) is 11.1 Å². The van der Waals surface area contributed by atoms with Crippen LogP contribution in [0.2, 0.25) is 10.2 Å². The number of benzene rings is 1. The van der Waals surface area contributed by atoms with Crippen LogP contribution in [0.5, 0.6) is 0 Å². The second kappa shape index (κ2) is 5.59. The van der Waals surface area contributed by atoms with Crippen LogP contribution in [0, 0.1) is 6.92 Å². The normalized spacial score (nSPS) is 11.0. The number of carboxylic acids is 1. The predicted octanol–water partition coefficient (Wildman–Crippen LogP) is 3.79. The molecular weight excluding hydrogens is 325 g/mol. The number of nitrogens with zero attached hydrogens (tertiary/aromatic N) is 3. The topological polar surface area (TPSA) is 68.0 Å². The summed E-state index contributed by atoms with van der Waals surface area (Å²) in [5, 5.41) is 14.2. The third-order valence-electron chi connectivity index (χ3n) is 3.46. The molecule has 0 atom stereocenters. The second-order valence-electron chi connectivity index (χ2n) is 4.88. The van der Waals surface area contributed by atoms with E-state index in [4.69, 9.17) is 28.3 Å². The summed E-state index contributed by atoms with van der Waals surface area (Å²) in [6, 6.07) is 7.14. The van der Waals surface area contributed by atoms with Gasteiger partial charge in [-0.25, -0.2) is 4.79 Å². The summed E-state index contributed by atoms with van der Waals surface area (Å²) in [7, 11) is 0. The van der Waals surface area contributed by atoms with Crippen LogP contribution in [0.1, 0.15) is 21.5 Å². The molecule has 1 aromatic carbocycles. The molecule has 0 aliphatic carbocycles. The first kappa shape index (κ1) is 14.8. The number of aromatic carboxylic acids is 1. The Morgan fingerprint density at radius 2 is 2.14 bits per heavy atom. The molecule has 112 valence electrons. The Morgan fingerprint density at radius 3 is 2.82 bits per heavy atom. The summed E-state index contributed by atoms with van der Waals surface area (Å²) < 4.78 is 1.62. The summed E-state index contributed by atoms with van der Waals surface area (Å²) in [5.41, 5.74) is 3.04. The highest BCUT2D eigenvalue weighted by atomic mass is 35.5. The van der Waals surface area contributed by atoms with Gasteiger partial charge in [0.2, 0.25) is 0 Å². The van der Waals surface area contributed by atoms with Crippen molar-refractivity contribution in [1.29, 1.82) is 0 Å². The van der Waals surface area contributed by atoms with Gasteiger partial charge in [0.15, 0.2) is 5.15 Å². The van der Waals surface area contributed by atoms with E-state index in [-0.39, 0.29) is 10.7 Å². The molecule has 0 unspecified atom stereocenters. The first-order chi connectivity index (χ1) is 10.5. The minimum absolute atomic E-state index is 0.0844. The average molecular weight is 336 g/mol. The fourth-order valence-corrected chi connectivity index (χ4v) is 2.79. The maximum absolute atomic E-state index is 11.1. The lowest BCUT2D eigenvalue weighted by Gasteiger charge is -2.09. The number of fused-ring (bicyclic) bond motifs is 1. The number of pyridine rings is 1. The monoisotopic (exact) mass is 335 g/mol. The van der Waals surface area contributed by atoms with Crippen molar-refractivity contribution in [3.05, 3.63) is 57.3 Å². The van der Waals surface area contributed by atoms with E-state index in [1.807, 2.05) is 19.1 Å². The fourth-order valence-electron chi connectivity index (χ4n) is 2.27. The van der Waals surface area contributed by atoms with Crippen LogP contribution in [0.3, 0.4) is 0 Å². The van der Waals surface area contributed by atoms with Crippen molar-refractivity contribution in [3.63, 3.8) is 0 Å². The number of rotatable bonds is 3. The molecule has 0 amide bonds. The third kappa shape index (κ3) is 2.53. The van der Waals surface area contributed by atoms with E-state index in [1.165, 1.54) is 12.3 Å². The van der Waals surface area contributed by atoms with Gasteiger partial charge < -0.3 is 5.11 Å². The summed E-state index contributed by atoms with van der Waals surface area (Å²) in [6.07, 6.45) is 1.27. The Bertz CT molecular complexity index is 870. The van der Waals surface area contributed by atoms with E-state index in [0.29, 0.717) is 22.6 Å². The molecule has 0 fully saturated rings. The van der Waals surface area contributed by atoms with Gasteiger partial charge in [-0.3, -0.25) is 9.67 Å². The molecule has 3 aromatic rings. The van der Waals surface area contributed by atoms with Crippen molar-refractivity contribution in [2.45, 2.75) is 13.5 Å². The van der Waals surface area contributed by atoms with Crippen LogP contribution in [0.25, 0.3) is 11.0 Å². The van der Waals surface area contributed by atoms with Crippen molar-refractivity contribution in [3.8, 4) is 0 Å². The summed E-state index contributed by atoms with van der Waals surface area (Å²) >= 11 is 12.3. The highest BCUT2D eigenvalue weighted by molar-refractivity contribution is 6.33. The molecule has 0 aliphatic rings. The quantitative estimate of drug-likeness (QED) is 0.790. The van der Waals surface area contributed by atoms with Gasteiger partial charge in [0.1, 0.15) is 5.52 Å². The second-order valence-corrected chi connectivity index (χ2v) is 5.65. The van der Waals surface area contributed by atoms with Crippen molar-refractivity contribution in [2.75, 3.05) is 0 Å². The number of carbonyl (C=O) groups is 1. The first-order valence-electron chi connectivity index (χ1n) is 6.46. The van der Waals surface area contributed by atoms with Crippen molar-refractivity contribution < 1.29 is 9.90 Å². The highest BCUT2D eigenvalue weighted by Crippen LogP contribution is 2.25. The number of carboxylic acid groups (broad SMARTS) is 1. The van der Waals surface area contributed by atoms with Gasteiger partial charge >= 0.3 is 5.97 Å². The van der Waals surface area contributed by atoms with Crippen molar-refractivity contribution in [2.24, 2.45) is 0 Å². The average Bonchev–Trinajstić information content (AvgIpc) is 2.79. The van der Waals surface area contributed by atoms with E-state index in [9.17, 15) is 4.79 Å². The van der Waals surface area contributed by atoms with Crippen molar-refractivity contribution in [1.82, 2.24) is 14.8 Å². The van der Waals surface area contributed by atoms with Gasteiger partial charge in [0.05, 0.1) is 17.6 Å². The van der Waals surface area contributed by atoms with Crippen LogP contribution < -0.4 is 0 Å². The molecule has 1 N–H and O–H groups in total. The largest absolute Gasteiger partial charge is 0.478 e. The van der Waals surface area contributed by atoms with E-state index < -0.39 is 5.97 Å². The van der Waals surface area contributed by atoms with Gasteiger partial charge in [-0.2, -0.15) is 5.10 Å². The van der Waals surface area contributed by atoms with E-state index in [2.05, 4.69) is 10.1 Å². The Kier molecular flexibility index (Phi) is 3.76. The van der Waals surface area contributed by atoms with Crippen LogP contribution in [0.15, 0.2) is 30.5 Å². The summed E-state index contributed by atoms with van der Waals surface area (Å²) in [4.78, 5) is 15.2. The maximum atomic E-state index is 11.1. The van der Waals surface area contributed by atoms with Gasteiger partial charge in [-0.1, -0.05) is 35.3 Å². The third-order valence-corrected chi connectivity index (χ3v) is 4.07. The Balaban J connectivity index is 2.14. The number of hydrogen-bond acceptors (Lipinski definition) is 3. The van der Waals surface area contributed by atoms with Gasteiger partial charge in [-0.15, -0.1) is 0 Å². The Labute approximate surface area is 136 Å². The molecule has 7 heteroatoms. The number of aromatic nitrogens is 3. The zero-order valence-electron chi connectivity index (χ0n) is 11.5. The maximum Gasteiger partial charge on any atom is 0.337 e. The molecule has 0 radical (unpaired) electrons. The predicted molar refractivity (Wildman–Crippen MR) is 84.8 cm³/mol. The van der Waals surface area contributed by atoms with Crippen LogP contribution in [0.4, 0.5) is 0 Å². The molecule has 0 saturated heterocycles. The van der Waals surface area contributed by atoms with Gasteiger partial charge in [-0.05, 0) is 30.2 Å². The molecule has 5 nitrogen and oxygen atoms in total. The smallest absolute Gasteiger partial charge is 0.337 e. The number of hydrogen-bond donors (Lipinski definition) is 1. The molecule has 3 rings (SSSR count). The molecule has 0 bridgehead atoms. The minimum atomic E-state index is -1.05. The number of halogens is 2. The molecule has 0 aliphatic heterocycles. The zero-order valence-corrected chi connectivity index (χ0v) is 13.1. The molecule has 22 heavy (non-hydrogen) atoms. The van der Waals surface area contributed by atoms with Crippen LogP contribution in [-0.2, 0) is 6.54 Å². The Morgan fingerprint density at radius 1 is 1.36 bits per heavy atom. The van der Waals surface area contributed by atoms with E-state index >= 15 is 0 Å². The minimum Gasteiger partial charge on any atom is -0.478 e. The van der Waals surface area contributed by atoms with Gasteiger partial charge in [0.25, 0.3) is 0 Å². The van der Waals surface area contributed by atoms with Gasteiger partial charge in [0, 0.05) is 11.2 Å². The molecular formula is C15H11Cl2N3O2. The first-order valence-corrected chi connectivity index (χ1v) is 7.22. The van der Waals surface area contributed by atoms with E-state index in [1.54, 1.807) is 10.7 Å². The highest BCUT2D eigenvalue weighted by Gasteiger charge is 2.15. The van der Waals surface area contributed by atoms with Crippen LogP contribution in [-0.4, -0.2) is 25.8 Å². The Hall–Kier alpha value is -2.11. The van der Waals surface area contributed by atoms with Crippen LogP contribution >= 0.6 is 23.2 Å². The lowest BCUT2D eigenvalue weighted by molar-refractivity contribution is 0.0696. The fraction of sp³-hybridized carbons (Fsp3) is 0.133. The molecule has 0 spiro atoms. The number of aryl methyl sites for hydroxylation is 1.